The average Bonchev–Trinajstić information content (AvgIpc) is 3.63. The summed E-state index contributed by atoms with van der Waals surface area (Å²) in [5.74, 6) is 1.70. The number of hydrogen-bond acceptors (Lipinski definition) is 7. The van der Waals surface area contributed by atoms with Gasteiger partial charge in [-0.05, 0) is 53.6 Å². The van der Waals surface area contributed by atoms with Crippen LogP contribution in [0.4, 0.5) is 0 Å². The van der Waals surface area contributed by atoms with Gasteiger partial charge in [0.15, 0.2) is 17.5 Å². The van der Waals surface area contributed by atoms with Crippen molar-refractivity contribution in [2.75, 3.05) is 0 Å². The second-order valence-corrected chi connectivity index (χ2v) is 12.8. The molecule has 0 aliphatic heterocycles. The van der Waals surface area contributed by atoms with Crippen molar-refractivity contribution in [1.29, 1.82) is 0 Å². The molecule has 0 saturated carbocycles. The quantitative estimate of drug-likeness (QED) is 0.173. The fourth-order valence-electron chi connectivity index (χ4n) is 6.85. The molecule has 10 aromatic rings. The summed E-state index contributed by atoms with van der Waals surface area (Å²) in [7, 11) is 0. The van der Waals surface area contributed by atoms with Crippen LogP contribution >= 0.6 is 0 Å². The lowest BCUT2D eigenvalue weighted by Gasteiger charge is -2.12. The Labute approximate surface area is 304 Å². The Morgan fingerprint density at radius 1 is 0.358 bits per heavy atom. The van der Waals surface area contributed by atoms with Crippen molar-refractivity contribution in [2.45, 2.75) is 0 Å². The largest absolute Gasteiger partial charge is 0.455 e. The van der Waals surface area contributed by atoms with Gasteiger partial charge in [0.25, 0.3) is 0 Å². The minimum atomic E-state index is 0.544. The van der Waals surface area contributed by atoms with E-state index in [-0.39, 0.29) is 0 Å². The lowest BCUT2D eigenvalue weighted by molar-refractivity contribution is 0.669. The highest BCUT2D eigenvalue weighted by molar-refractivity contribution is 6.09. The molecule has 7 nitrogen and oxygen atoms in total. The molecule has 7 heteroatoms. The molecule has 0 saturated heterocycles. The van der Waals surface area contributed by atoms with Crippen LogP contribution in [0.15, 0.2) is 175 Å². The maximum atomic E-state index is 6.40. The predicted octanol–water partition coefficient (Wildman–Crippen LogP) is 11.1. The van der Waals surface area contributed by atoms with Gasteiger partial charge < -0.3 is 4.42 Å². The fraction of sp³-hybridized carbons (Fsp3) is 0. The van der Waals surface area contributed by atoms with Crippen molar-refractivity contribution >= 4 is 33.0 Å². The van der Waals surface area contributed by atoms with Gasteiger partial charge in [0.2, 0.25) is 0 Å². The standard InChI is InChI=1S/C46H28N6O/c1-3-11-29(12-4-1)41-42(30-23-25-47-26-24-30)49-39-28-33(21-22-38(39)48-41)32-15-9-16-34(27-32)45-50-44(31-13-5-2-6-14-31)51-46(52-45)37-19-10-18-36-35-17-7-8-20-40(35)53-43(36)37/h1-28H. The molecule has 0 bridgehead atoms. The zero-order valence-corrected chi connectivity index (χ0v) is 28.3. The Hall–Kier alpha value is -7.38. The van der Waals surface area contributed by atoms with Gasteiger partial charge in [-0.3, -0.25) is 4.98 Å². The van der Waals surface area contributed by atoms with Crippen LogP contribution in [0.3, 0.4) is 0 Å². The lowest BCUT2D eigenvalue weighted by atomic mass is 10.0. The third-order valence-electron chi connectivity index (χ3n) is 9.43. The summed E-state index contributed by atoms with van der Waals surface area (Å²) >= 11 is 0. The van der Waals surface area contributed by atoms with E-state index in [1.807, 2.05) is 109 Å². The molecular weight excluding hydrogens is 653 g/mol. The molecule has 6 aromatic carbocycles. The van der Waals surface area contributed by atoms with Gasteiger partial charge in [-0.15, -0.1) is 0 Å². The fourth-order valence-corrected chi connectivity index (χ4v) is 6.85. The summed E-state index contributed by atoms with van der Waals surface area (Å²) in [5.41, 5.74) is 11.4. The van der Waals surface area contributed by atoms with Crippen LogP contribution in [0.1, 0.15) is 0 Å². The van der Waals surface area contributed by atoms with E-state index < -0.39 is 0 Å². The zero-order chi connectivity index (χ0) is 35.1. The van der Waals surface area contributed by atoms with Crippen LogP contribution in [0.2, 0.25) is 0 Å². The molecule has 10 rings (SSSR count). The van der Waals surface area contributed by atoms with Gasteiger partial charge in [-0.1, -0.05) is 115 Å². The Bertz CT molecular complexity index is 2950. The minimum Gasteiger partial charge on any atom is -0.455 e. The first-order chi connectivity index (χ1) is 26.2. The van der Waals surface area contributed by atoms with E-state index in [4.69, 9.17) is 29.3 Å². The molecule has 0 radical (unpaired) electrons. The summed E-state index contributed by atoms with van der Waals surface area (Å²) in [6.07, 6.45) is 3.57. The highest BCUT2D eigenvalue weighted by atomic mass is 16.3. The average molecular weight is 681 g/mol. The third kappa shape index (κ3) is 5.57. The first-order valence-corrected chi connectivity index (χ1v) is 17.4. The number of benzene rings is 6. The Morgan fingerprint density at radius 3 is 1.75 bits per heavy atom. The Balaban J connectivity index is 1.10. The second kappa shape index (κ2) is 12.7. The molecule has 0 aliphatic carbocycles. The van der Waals surface area contributed by atoms with Gasteiger partial charge >= 0.3 is 0 Å². The highest BCUT2D eigenvalue weighted by Gasteiger charge is 2.18. The van der Waals surface area contributed by atoms with E-state index in [1.54, 1.807) is 12.4 Å². The van der Waals surface area contributed by atoms with Crippen molar-refractivity contribution < 1.29 is 4.42 Å². The maximum Gasteiger partial charge on any atom is 0.167 e. The van der Waals surface area contributed by atoms with Crippen molar-refractivity contribution in [3.05, 3.63) is 170 Å². The molecule has 4 heterocycles. The normalized spacial score (nSPS) is 11.4. The van der Waals surface area contributed by atoms with Gasteiger partial charge in [0.05, 0.1) is 28.0 Å². The maximum absolute atomic E-state index is 6.40. The van der Waals surface area contributed by atoms with Gasteiger partial charge in [0, 0.05) is 45.4 Å². The number of para-hydroxylation sites is 2. The Kier molecular flexibility index (Phi) is 7.32. The van der Waals surface area contributed by atoms with E-state index >= 15 is 0 Å². The van der Waals surface area contributed by atoms with E-state index in [9.17, 15) is 0 Å². The summed E-state index contributed by atoms with van der Waals surface area (Å²) < 4.78 is 6.40. The first-order valence-electron chi connectivity index (χ1n) is 17.4. The Morgan fingerprint density at radius 2 is 0.943 bits per heavy atom. The number of hydrogen-bond donors (Lipinski definition) is 0. The van der Waals surface area contributed by atoms with Crippen LogP contribution in [-0.4, -0.2) is 29.9 Å². The van der Waals surface area contributed by atoms with Crippen LogP contribution in [-0.2, 0) is 0 Å². The second-order valence-electron chi connectivity index (χ2n) is 12.8. The topological polar surface area (TPSA) is 90.5 Å². The molecule has 0 atom stereocenters. The minimum absolute atomic E-state index is 0.544. The third-order valence-corrected chi connectivity index (χ3v) is 9.43. The molecular formula is C46H28N6O. The number of fused-ring (bicyclic) bond motifs is 4. The van der Waals surface area contributed by atoms with Gasteiger partial charge in [-0.2, -0.15) is 0 Å². The van der Waals surface area contributed by atoms with Gasteiger partial charge in [-0.25, -0.2) is 24.9 Å². The number of aromatic nitrogens is 6. The molecule has 0 fully saturated rings. The summed E-state index contributed by atoms with van der Waals surface area (Å²) in [5, 5.41) is 2.07. The summed E-state index contributed by atoms with van der Waals surface area (Å²) in [4.78, 5) is 29.6. The molecule has 0 aliphatic rings. The van der Waals surface area contributed by atoms with Crippen molar-refractivity contribution in [3.63, 3.8) is 0 Å². The molecule has 53 heavy (non-hydrogen) atoms. The SMILES string of the molecule is c1ccc(-c2nc(-c3cccc(-c4ccc5nc(-c6ccccc6)c(-c6ccncc6)nc5c4)c3)nc(-c3cccc4c3oc3ccccc34)n2)cc1. The van der Waals surface area contributed by atoms with E-state index in [2.05, 4.69) is 53.5 Å². The van der Waals surface area contributed by atoms with Crippen LogP contribution in [0.25, 0.3) is 101 Å². The lowest BCUT2D eigenvalue weighted by Crippen LogP contribution is -2.00. The van der Waals surface area contributed by atoms with E-state index in [0.29, 0.717) is 17.5 Å². The monoisotopic (exact) mass is 680 g/mol. The van der Waals surface area contributed by atoms with Crippen LogP contribution in [0.5, 0.6) is 0 Å². The van der Waals surface area contributed by atoms with Crippen molar-refractivity contribution in [2.24, 2.45) is 0 Å². The van der Waals surface area contributed by atoms with Gasteiger partial charge in [0.1, 0.15) is 11.2 Å². The van der Waals surface area contributed by atoms with E-state index in [0.717, 1.165) is 83.3 Å². The van der Waals surface area contributed by atoms with Crippen molar-refractivity contribution in [1.82, 2.24) is 29.9 Å². The predicted molar refractivity (Wildman–Crippen MR) is 211 cm³/mol. The number of nitrogens with zero attached hydrogens (tertiary/aromatic N) is 6. The first kappa shape index (κ1) is 30.4. The van der Waals surface area contributed by atoms with Crippen molar-refractivity contribution in [3.8, 4) is 67.8 Å². The molecule has 248 valence electrons. The van der Waals surface area contributed by atoms with Crippen LogP contribution < -0.4 is 0 Å². The molecule has 0 unspecified atom stereocenters. The highest BCUT2D eigenvalue weighted by Crippen LogP contribution is 2.37. The smallest absolute Gasteiger partial charge is 0.167 e. The number of furan rings is 1. The number of rotatable bonds is 6. The number of pyridine rings is 1. The molecule has 0 amide bonds. The van der Waals surface area contributed by atoms with E-state index in [1.165, 1.54) is 0 Å². The summed E-state index contributed by atoms with van der Waals surface area (Å²) in [6, 6.07) is 52.8. The molecule has 0 N–H and O–H groups in total. The molecule has 4 aromatic heterocycles. The molecule has 0 spiro atoms. The zero-order valence-electron chi connectivity index (χ0n) is 28.3. The van der Waals surface area contributed by atoms with Crippen LogP contribution in [0, 0.1) is 0 Å². The summed E-state index contributed by atoms with van der Waals surface area (Å²) in [6.45, 7) is 0.